The third-order valence-electron chi connectivity index (χ3n) is 6.27. The van der Waals surface area contributed by atoms with Crippen LogP contribution >= 0.6 is 11.8 Å². The number of carboxylic acid groups (broad SMARTS) is 2. The smallest absolute Gasteiger partial charge is 0.326 e. The van der Waals surface area contributed by atoms with Crippen molar-refractivity contribution in [2.24, 2.45) is 22.2 Å². The molecule has 1 aromatic heterocycles. The number of nitrogens with two attached hydrogens (primary N) is 3. The number of thioether (sulfide) groups is 1. The van der Waals surface area contributed by atoms with Crippen molar-refractivity contribution in [2.45, 2.75) is 56.3 Å². The maximum Gasteiger partial charge on any atom is 0.326 e. The fraction of sp³-hybridized carbons (Fsp3) is 0.462. The number of fused-ring (bicyclic) bond motifs is 1. The van der Waals surface area contributed by atoms with Crippen LogP contribution in [0.5, 0.6) is 0 Å². The lowest BCUT2D eigenvalue weighted by atomic mass is 10.0. The average Bonchev–Trinajstić information content (AvgIpc) is 3.34. The summed E-state index contributed by atoms with van der Waals surface area (Å²) in [5.41, 5.74) is 18.0. The van der Waals surface area contributed by atoms with Crippen molar-refractivity contribution in [3.63, 3.8) is 0 Å². The minimum atomic E-state index is -1.64. The molecule has 0 fully saturated rings. The number of amides is 3. The van der Waals surface area contributed by atoms with Gasteiger partial charge in [-0.3, -0.25) is 24.2 Å². The molecule has 230 valence electrons. The van der Waals surface area contributed by atoms with Crippen LogP contribution in [0.15, 0.2) is 35.5 Å². The van der Waals surface area contributed by atoms with Crippen LogP contribution in [-0.2, 0) is 30.4 Å². The molecular formula is C26H38N8O7S. The lowest BCUT2D eigenvalue weighted by molar-refractivity contribution is -0.143. The largest absolute Gasteiger partial charge is 0.481 e. The first-order chi connectivity index (χ1) is 19.9. The minimum absolute atomic E-state index is 0.0450. The molecule has 0 radical (unpaired) electrons. The normalized spacial score (nSPS) is 13.8. The van der Waals surface area contributed by atoms with E-state index in [-0.39, 0.29) is 31.8 Å². The number of hydrogen-bond donors (Lipinski definition) is 9. The highest BCUT2D eigenvalue weighted by Gasteiger charge is 2.32. The van der Waals surface area contributed by atoms with Crippen LogP contribution in [0.1, 0.15) is 31.2 Å². The summed E-state index contributed by atoms with van der Waals surface area (Å²) < 4.78 is 0. The molecule has 1 heterocycles. The predicted octanol–water partition coefficient (Wildman–Crippen LogP) is -1.14. The summed E-state index contributed by atoms with van der Waals surface area (Å²) in [5.74, 6) is -4.77. The molecule has 0 aliphatic carbocycles. The van der Waals surface area contributed by atoms with Gasteiger partial charge in [0.1, 0.15) is 18.1 Å². The molecule has 1 aromatic carbocycles. The molecule has 2 aromatic rings. The SMILES string of the molecule is CSCCC(N)C(=O)NC(CCCN=C(N)N)C(=O)NC(CC(=O)O)C(=O)NC(Cc1c[nH]c2ccccc12)C(=O)O. The summed E-state index contributed by atoms with van der Waals surface area (Å²) in [7, 11) is 0. The number of nitrogens with zero attached hydrogens (tertiary/aromatic N) is 1. The Kier molecular flexibility index (Phi) is 13.6. The van der Waals surface area contributed by atoms with Crippen LogP contribution in [-0.4, -0.2) is 93.5 Å². The summed E-state index contributed by atoms with van der Waals surface area (Å²) in [5, 5.41) is 27.2. The van der Waals surface area contributed by atoms with E-state index in [9.17, 15) is 34.2 Å². The van der Waals surface area contributed by atoms with Crippen LogP contribution in [0.25, 0.3) is 10.9 Å². The Labute approximate surface area is 246 Å². The van der Waals surface area contributed by atoms with Crippen LogP contribution < -0.4 is 33.2 Å². The Hall–Kier alpha value is -4.31. The van der Waals surface area contributed by atoms with Gasteiger partial charge >= 0.3 is 11.9 Å². The second kappa shape index (κ2) is 16.8. The van der Waals surface area contributed by atoms with Crippen molar-refractivity contribution >= 4 is 58.3 Å². The fourth-order valence-electron chi connectivity index (χ4n) is 4.08. The number of aromatic amines is 1. The molecule has 16 heteroatoms. The van der Waals surface area contributed by atoms with Gasteiger partial charge in [-0.15, -0.1) is 0 Å². The number of carbonyl (C=O) groups excluding carboxylic acids is 3. The highest BCUT2D eigenvalue weighted by Crippen LogP contribution is 2.19. The van der Waals surface area contributed by atoms with Crippen LogP contribution in [0.2, 0.25) is 0 Å². The number of guanidine groups is 1. The molecular weight excluding hydrogens is 568 g/mol. The van der Waals surface area contributed by atoms with E-state index in [1.807, 2.05) is 18.4 Å². The number of hydrogen-bond acceptors (Lipinski definition) is 8. The summed E-state index contributed by atoms with van der Waals surface area (Å²) in [6.07, 6.45) is 3.21. The minimum Gasteiger partial charge on any atom is -0.481 e. The highest BCUT2D eigenvalue weighted by atomic mass is 32.2. The maximum absolute atomic E-state index is 13.2. The number of nitrogens with one attached hydrogen (secondary N) is 4. The van der Waals surface area contributed by atoms with E-state index < -0.39 is 60.2 Å². The molecule has 0 saturated heterocycles. The second-order valence-electron chi connectivity index (χ2n) is 9.52. The van der Waals surface area contributed by atoms with Crippen molar-refractivity contribution in [3.8, 4) is 0 Å². The van der Waals surface area contributed by atoms with Gasteiger partial charge in [0.05, 0.1) is 12.5 Å². The molecule has 0 spiro atoms. The lowest BCUT2D eigenvalue weighted by Gasteiger charge is -2.24. The van der Waals surface area contributed by atoms with Gasteiger partial charge in [-0.1, -0.05) is 18.2 Å². The summed E-state index contributed by atoms with van der Waals surface area (Å²) >= 11 is 1.50. The van der Waals surface area contributed by atoms with Crippen molar-refractivity contribution in [2.75, 3.05) is 18.6 Å². The fourth-order valence-corrected chi connectivity index (χ4v) is 4.57. The van der Waals surface area contributed by atoms with E-state index >= 15 is 0 Å². The highest BCUT2D eigenvalue weighted by molar-refractivity contribution is 7.98. The number of aliphatic imine (C=N–C) groups is 1. The molecule has 0 saturated carbocycles. The van der Waals surface area contributed by atoms with Gasteiger partial charge in [0.15, 0.2) is 5.96 Å². The zero-order chi connectivity index (χ0) is 31.2. The number of rotatable bonds is 18. The Morgan fingerprint density at radius 3 is 2.24 bits per heavy atom. The lowest BCUT2D eigenvalue weighted by Crippen LogP contribution is -2.57. The van der Waals surface area contributed by atoms with Crippen molar-refractivity contribution in [3.05, 3.63) is 36.0 Å². The molecule has 42 heavy (non-hydrogen) atoms. The van der Waals surface area contributed by atoms with Crippen LogP contribution in [0.3, 0.4) is 0 Å². The Balaban J connectivity index is 2.19. The Bertz CT molecular complexity index is 1280. The third kappa shape index (κ3) is 10.9. The van der Waals surface area contributed by atoms with Gasteiger partial charge in [-0.05, 0) is 42.9 Å². The van der Waals surface area contributed by atoms with E-state index in [1.54, 1.807) is 18.3 Å². The average molecular weight is 607 g/mol. The number of carboxylic acids is 2. The molecule has 12 N–H and O–H groups in total. The van der Waals surface area contributed by atoms with Gasteiger partial charge in [-0.25, -0.2) is 4.79 Å². The molecule has 4 atom stereocenters. The van der Waals surface area contributed by atoms with Gasteiger partial charge < -0.3 is 48.3 Å². The number of para-hydroxylation sites is 1. The number of benzene rings is 1. The molecule has 3 amide bonds. The number of H-pyrrole nitrogens is 1. The summed E-state index contributed by atoms with van der Waals surface area (Å²) in [6.45, 7) is 0.147. The maximum atomic E-state index is 13.2. The van der Waals surface area contributed by atoms with Crippen molar-refractivity contribution < 1.29 is 34.2 Å². The third-order valence-corrected chi connectivity index (χ3v) is 6.92. The number of carbonyl (C=O) groups is 5. The predicted molar refractivity (Wildman–Crippen MR) is 159 cm³/mol. The quantitative estimate of drug-likeness (QED) is 0.0556. The monoisotopic (exact) mass is 606 g/mol. The second-order valence-corrected chi connectivity index (χ2v) is 10.5. The molecule has 4 unspecified atom stereocenters. The van der Waals surface area contributed by atoms with Gasteiger partial charge in [0, 0.05) is 30.1 Å². The van der Waals surface area contributed by atoms with Gasteiger partial charge in [0.2, 0.25) is 17.7 Å². The molecule has 0 aliphatic rings. The van der Waals surface area contributed by atoms with E-state index in [4.69, 9.17) is 17.2 Å². The van der Waals surface area contributed by atoms with Crippen molar-refractivity contribution in [1.82, 2.24) is 20.9 Å². The van der Waals surface area contributed by atoms with Crippen LogP contribution in [0, 0.1) is 0 Å². The van der Waals surface area contributed by atoms with Gasteiger partial charge in [0.25, 0.3) is 0 Å². The first-order valence-electron chi connectivity index (χ1n) is 13.1. The molecule has 0 bridgehead atoms. The van der Waals surface area contributed by atoms with Gasteiger partial charge in [-0.2, -0.15) is 11.8 Å². The topological polar surface area (TPSA) is 268 Å². The number of aromatic nitrogens is 1. The zero-order valence-electron chi connectivity index (χ0n) is 23.2. The van der Waals surface area contributed by atoms with E-state index in [0.29, 0.717) is 17.7 Å². The van der Waals surface area contributed by atoms with Crippen LogP contribution in [0.4, 0.5) is 0 Å². The Morgan fingerprint density at radius 2 is 1.60 bits per heavy atom. The van der Waals surface area contributed by atoms with E-state index in [1.165, 1.54) is 11.8 Å². The molecule has 15 nitrogen and oxygen atoms in total. The van der Waals surface area contributed by atoms with E-state index in [2.05, 4.69) is 25.9 Å². The summed E-state index contributed by atoms with van der Waals surface area (Å²) in [6, 6.07) is 2.05. The first kappa shape index (κ1) is 33.9. The van der Waals surface area contributed by atoms with E-state index in [0.717, 1.165) is 10.9 Å². The first-order valence-corrected chi connectivity index (χ1v) is 14.5. The molecule has 2 rings (SSSR count). The Morgan fingerprint density at radius 1 is 0.952 bits per heavy atom. The number of aliphatic carboxylic acids is 2. The van der Waals surface area contributed by atoms with Crippen molar-refractivity contribution in [1.29, 1.82) is 0 Å². The molecule has 0 aliphatic heterocycles. The standard InChI is InChI=1S/C26H38N8O7S/c1-42-10-8-16(27)22(37)32-18(7-4-9-30-26(28)29)23(38)33-19(12-21(35)36)24(39)34-20(25(40)41)11-14-13-31-17-6-3-2-5-15(14)17/h2-3,5-6,13,16,18-20,31H,4,7-12,27H2,1H3,(H,32,37)(H,33,38)(H,34,39)(H,35,36)(H,40,41)(H4,28,29,30). The zero-order valence-corrected chi connectivity index (χ0v) is 24.0. The summed E-state index contributed by atoms with van der Waals surface area (Å²) in [4.78, 5) is 69.4.